The smallest absolute Gasteiger partial charge is 0.249 e. The van der Waals surface area contributed by atoms with Crippen LogP contribution < -0.4 is 10.6 Å². The van der Waals surface area contributed by atoms with Crippen molar-refractivity contribution >= 4 is 18.3 Å². The fraction of sp³-hybridized carbons (Fsp3) is 0.526. The third-order valence-electron chi connectivity index (χ3n) is 5.73. The van der Waals surface area contributed by atoms with Gasteiger partial charge < -0.3 is 15.2 Å². The molecule has 2 fully saturated rings. The molecule has 2 N–H and O–H groups in total. The summed E-state index contributed by atoms with van der Waals surface area (Å²) in [4.78, 5) is 17.3. The standard InChI is InChI=1S/C19H23FN4O2.ClH/c1-12(17-23-16(24-26-17)13-5-4-7-15(20)9-13)22-18(25)19-8-3-2-6-14(19)10-21-11-19;/h4-5,7,9,12,14,21H,2-3,6,8,10-11H2,1H3,(H,22,25);1H/t12?,14-,19+;/m0./s1. The van der Waals surface area contributed by atoms with Crippen molar-refractivity contribution in [2.75, 3.05) is 13.1 Å². The molecule has 1 unspecified atom stereocenters. The molecule has 8 heteroatoms. The number of benzene rings is 1. The van der Waals surface area contributed by atoms with E-state index in [1.54, 1.807) is 12.1 Å². The lowest BCUT2D eigenvalue weighted by Gasteiger charge is -2.37. The van der Waals surface area contributed by atoms with Gasteiger partial charge in [0.25, 0.3) is 0 Å². The Morgan fingerprint density at radius 1 is 1.44 bits per heavy atom. The second-order valence-corrected chi connectivity index (χ2v) is 7.39. The maximum absolute atomic E-state index is 13.4. The van der Waals surface area contributed by atoms with E-state index < -0.39 is 6.04 Å². The zero-order valence-electron chi connectivity index (χ0n) is 15.2. The normalized spacial score (nSPS) is 25.3. The first-order valence-corrected chi connectivity index (χ1v) is 9.20. The van der Waals surface area contributed by atoms with E-state index in [9.17, 15) is 9.18 Å². The molecule has 1 aromatic carbocycles. The zero-order valence-corrected chi connectivity index (χ0v) is 16.0. The predicted octanol–water partition coefficient (Wildman–Crippen LogP) is 3.25. The van der Waals surface area contributed by atoms with Crippen molar-refractivity contribution in [1.29, 1.82) is 0 Å². The van der Waals surface area contributed by atoms with Crippen molar-refractivity contribution in [3.8, 4) is 11.4 Å². The Morgan fingerprint density at radius 2 is 2.30 bits per heavy atom. The Labute approximate surface area is 163 Å². The molecule has 6 nitrogen and oxygen atoms in total. The molecular weight excluding hydrogens is 371 g/mol. The van der Waals surface area contributed by atoms with Crippen LogP contribution in [0.4, 0.5) is 4.39 Å². The number of carbonyl (C=O) groups excluding carboxylic acids is 1. The van der Waals surface area contributed by atoms with Crippen molar-refractivity contribution in [3.05, 3.63) is 36.0 Å². The van der Waals surface area contributed by atoms with Crippen LogP contribution in [0.2, 0.25) is 0 Å². The van der Waals surface area contributed by atoms with Gasteiger partial charge in [-0.25, -0.2) is 4.39 Å². The van der Waals surface area contributed by atoms with Gasteiger partial charge in [0.15, 0.2) is 0 Å². The number of rotatable bonds is 4. The van der Waals surface area contributed by atoms with Gasteiger partial charge in [-0.1, -0.05) is 30.1 Å². The van der Waals surface area contributed by atoms with Crippen molar-refractivity contribution in [2.45, 2.75) is 38.6 Å². The van der Waals surface area contributed by atoms with Crippen LogP contribution >= 0.6 is 12.4 Å². The molecule has 2 aliphatic rings. The second kappa shape index (κ2) is 7.94. The fourth-order valence-corrected chi connectivity index (χ4v) is 4.25. The highest BCUT2D eigenvalue weighted by Crippen LogP contribution is 2.44. The number of hydrogen-bond acceptors (Lipinski definition) is 5. The number of amides is 1. The second-order valence-electron chi connectivity index (χ2n) is 7.39. The maximum Gasteiger partial charge on any atom is 0.249 e. The molecule has 4 rings (SSSR count). The summed E-state index contributed by atoms with van der Waals surface area (Å²) in [5, 5.41) is 10.4. The van der Waals surface area contributed by atoms with E-state index in [1.165, 1.54) is 18.6 Å². The van der Waals surface area contributed by atoms with E-state index in [-0.39, 0.29) is 29.5 Å². The lowest BCUT2D eigenvalue weighted by molar-refractivity contribution is -0.134. The Kier molecular flexibility index (Phi) is 5.81. The number of halogens is 2. The molecule has 0 bridgehead atoms. The van der Waals surface area contributed by atoms with Gasteiger partial charge in [-0.2, -0.15) is 4.98 Å². The van der Waals surface area contributed by atoms with Crippen LogP contribution in [-0.4, -0.2) is 29.1 Å². The molecule has 1 saturated heterocycles. The summed E-state index contributed by atoms with van der Waals surface area (Å²) < 4.78 is 18.7. The molecule has 27 heavy (non-hydrogen) atoms. The highest BCUT2D eigenvalue weighted by molar-refractivity contribution is 5.85. The Bertz CT molecular complexity index is 815. The highest BCUT2D eigenvalue weighted by Gasteiger charge is 2.50. The Morgan fingerprint density at radius 3 is 3.11 bits per heavy atom. The van der Waals surface area contributed by atoms with E-state index >= 15 is 0 Å². The van der Waals surface area contributed by atoms with E-state index in [4.69, 9.17) is 4.52 Å². The number of fused-ring (bicyclic) bond motifs is 1. The average Bonchev–Trinajstić information content (AvgIpc) is 3.29. The summed E-state index contributed by atoms with van der Waals surface area (Å²) in [6.45, 7) is 3.47. The predicted molar refractivity (Wildman–Crippen MR) is 101 cm³/mol. The van der Waals surface area contributed by atoms with Gasteiger partial charge in [-0.3, -0.25) is 4.79 Å². The van der Waals surface area contributed by atoms with Crippen molar-refractivity contribution in [2.24, 2.45) is 11.3 Å². The van der Waals surface area contributed by atoms with Crippen LogP contribution in [-0.2, 0) is 4.79 Å². The monoisotopic (exact) mass is 394 g/mol. The molecule has 2 heterocycles. The Hall–Kier alpha value is -1.99. The molecule has 1 aliphatic heterocycles. The van der Waals surface area contributed by atoms with Crippen molar-refractivity contribution in [3.63, 3.8) is 0 Å². The number of aromatic nitrogens is 2. The van der Waals surface area contributed by atoms with Gasteiger partial charge in [0.05, 0.1) is 5.41 Å². The summed E-state index contributed by atoms with van der Waals surface area (Å²) >= 11 is 0. The van der Waals surface area contributed by atoms with E-state index in [1.807, 2.05) is 6.92 Å². The minimum absolute atomic E-state index is 0. The minimum atomic E-state index is -0.394. The summed E-state index contributed by atoms with van der Waals surface area (Å²) in [6, 6.07) is 5.64. The van der Waals surface area contributed by atoms with Crippen LogP contribution in [0.25, 0.3) is 11.4 Å². The van der Waals surface area contributed by atoms with E-state index in [2.05, 4.69) is 20.8 Å². The van der Waals surface area contributed by atoms with Crippen LogP contribution in [0.1, 0.15) is 44.5 Å². The fourth-order valence-electron chi connectivity index (χ4n) is 4.25. The average molecular weight is 395 g/mol. The number of hydrogen-bond donors (Lipinski definition) is 2. The molecular formula is C19H24ClFN4O2. The molecule has 3 atom stereocenters. The van der Waals surface area contributed by atoms with Gasteiger partial charge in [-0.15, -0.1) is 12.4 Å². The third kappa shape index (κ3) is 3.71. The van der Waals surface area contributed by atoms with E-state index in [0.29, 0.717) is 23.2 Å². The van der Waals surface area contributed by atoms with Gasteiger partial charge in [0.1, 0.15) is 11.9 Å². The molecule has 2 aromatic rings. The van der Waals surface area contributed by atoms with Gasteiger partial charge in [-0.05, 0) is 44.4 Å². The van der Waals surface area contributed by atoms with Crippen LogP contribution in [0.3, 0.4) is 0 Å². The summed E-state index contributed by atoms with van der Waals surface area (Å²) in [6.07, 6.45) is 4.29. The van der Waals surface area contributed by atoms with Gasteiger partial charge in [0.2, 0.25) is 17.6 Å². The lowest BCUT2D eigenvalue weighted by Crippen LogP contribution is -2.48. The molecule has 1 saturated carbocycles. The van der Waals surface area contributed by atoms with Crippen LogP contribution in [0.5, 0.6) is 0 Å². The molecule has 1 amide bonds. The quantitative estimate of drug-likeness (QED) is 0.832. The first-order chi connectivity index (χ1) is 12.6. The topological polar surface area (TPSA) is 80.0 Å². The highest BCUT2D eigenvalue weighted by atomic mass is 35.5. The van der Waals surface area contributed by atoms with E-state index in [0.717, 1.165) is 32.4 Å². The number of nitrogens with zero attached hydrogens (tertiary/aromatic N) is 2. The van der Waals surface area contributed by atoms with Crippen LogP contribution in [0.15, 0.2) is 28.8 Å². The first-order valence-electron chi connectivity index (χ1n) is 9.20. The molecule has 0 radical (unpaired) electrons. The third-order valence-corrected chi connectivity index (χ3v) is 5.73. The summed E-state index contributed by atoms with van der Waals surface area (Å²) in [7, 11) is 0. The largest absolute Gasteiger partial charge is 0.344 e. The number of carbonyl (C=O) groups is 1. The van der Waals surface area contributed by atoms with Crippen molar-refractivity contribution < 1.29 is 13.7 Å². The van der Waals surface area contributed by atoms with Gasteiger partial charge in [0, 0.05) is 12.1 Å². The lowest BCUT2D eigenvalue weighted by atomic mass is 9.67. The maximum atomic E-state index is 13.4. The van der Waals surface area contributed by atoms with Crippen LogP contribution in [0, 0.1) is 17.2 Å². The summed E-state index contributed by atoms with van der Waals surface area (Å²) in [5.74, 6) is 0.745. The minimum Gasteiger partial charge on any atom is -0.344 e. The summed E-state index contributed by atoms with van der Waals surface area (Å²) in [5.41, 5.74) is 0.224. The first kappa shape index (κ1) is 19.8. The number of nitrogens with one attached hydrogen (secondary N) is 2. The molecule has 0 spiro atoms. The SMILES string of the molecule is CC(NC(=O)[C@@]12CCCC[C@H]1CNC2)c1nc(-c2cccc(F)c2)no1.Cl. The molecule has 1 aromatic heterocycles. The Balaban J connectivity index is 0.00000210. The van der Waals surface area contributed by atoms with Crippen molar-refractivity contribution in [1.82, 2.24) is 20.8 Å². The molecule has 1 aliphatic carbocycles. The molecule has 146 valence electrons. The zero-order chi connectivity index (χ0) is 18.1. The van der Waals surface area contributed by atoms with Gasteiger partial charge >= 0.3 is 0 Å².